The number of hydrogen-bond acceptors (Lipinski definition) is 2. The number of benzene rings is 1. The lowest BCUT2D eigenvalue weighted by molar-refractivity contribution is -0.131. The van der Waals surface area contributed by atoms with Crippen molar-refractivity contribution in [3.63, 3.8) is 0 Å². The fourth-order valence-electron chi connectivity index (χ4n) is 1.32. The Morgan fingerprint density at radius 1 is 1.37 bits per heavy atom. The van der Waals surface area contributed by atoms with Gasteiger partial charge in [-0.2, -0.15) is 0 Å². The van der Waals surface area contributed by atoms with E-state index < -0.39 is 17.8 Å². The van der Waals surface area contributed by atoms with Crippen molar-refractivity contribution in [1.82, 2.24) is 5.32 Å². The minimum absolute atomic E-state index is 0.0330. The molecule has 0 radical (unpaired) electrons. The molecule has 0 aromatic heterocycles. The number of rotatable bonds is 4. The number of amides is 2. The number of carbonyl (C=O) groups is 2. The largest absolute Gasteiger partial charge is 0.478 e. The van der Waals surface area contributed by atoms with E-state index in [1.54, 1.807) is 13.8 Å². The third-order valence-corrected chi connectivity index (χ3v) is 2.08. The maximum Gasteiger partial charge on any atom is 0.328 e. The zero-order valence-electron chi connectivity index (χ0n) is 10.6. The molecule has 0 saturated carbocycles. The lowest BCUT2D eigenvalue weighted by Gasteiger charge is -2.10. The fourth-order valence-corrected chi connectivity index (χ4v) is 1.32. The number of carboxylic acids is 1. The third kappa shape index (κ3) is 5.20. The summed E-state index contributed by atoms with van der Waals surface area (Å²) in [4.78, 5) is 21.7. The van der Waals surface area contributed by atoms with Crippen molar-refractivity contribution in [2.24, 2.45) is 0 Å². The molecule has 6 heteroatoms. The molecule has 0 aliphatic carbocycles. The zero-order chi connectivity index (χ0) is 14.4. The molecule has 0 saturated heterocycles. The van der Waals surface area contributed by atoms with Crippen LogP contribution in [0.2, 0.25) is 0 Å². The van der Waals surface area contributed by atoms with Crippen LogP contribution < -0.4 is 10.6 Å². The van der Waals surface area contributed by atoms with E-state index in [-0.39, 0.29) is 11.7 Å². The lowest BCUT2D eigenvalue weighted by atomic mass is 10.2. The molecule has 0 heterocycles. The van der Waals surface area contributed by atoms with Crippen LogP contribution in [0.5, 0.6) is 0 Å². The second kappa shape index (κ2) is 6.53. The van der Waals surface area contributed by atoms with Gasteiger partial charge in [-0.05, 0) is 37.6 Å². The monoisotopic (exact) mass is 266 g/mol. The predicted octanol–water partition coefficient (Wildman–Crippen LogP) is 2.45. The van der Waals surface area contributed by atoms with E-state index in [4.69, 9.17) is 5.11 Å². The summed E-state index contributed by atoms with van der Waals surface area (Å²) in [5.74, 6) is -1.75. The number of carboxylic acid groups (broad SMARTS) is 1. The van der Waals surface area contributed by atoms with Gasteiger partial charge in [-0.25, -0.2) is 14.0 Å². The van der Waals surface area contributed by atoms with E-state index in [2.05, 4.69) is 10.6 Å². The van der Waals surface area contributed by atoms with Gasteiger partial charge in [-0.15, -0.1) is 0 Å². The molecule has 0 aliphatic heterocycles. The fraction of sp³-hybridized carbons (Fsp3) is 0.231. The summed E-state index contributed by atoms with van der Waals surface area (Å²) in [5, 5.41) is 13.4. The van der Waals surface area contributed by atoms with Crippen molar-refractivity contribution < 1.29 is 19.1 Å². The van der Waals surface area contributed by atoms with Crippen LogP contribution in [0.1, 0.15) is 19.4 Å². The van der Waals surface area contributed by atoms with Crippen LogP contribution >= 0.6 is 0 Å². The summed E-state index contributed by atoms with van der Waals surface area (Å²) in [5.41, 5.74) is 0.431. The zero-order valence-corrected chi connectivity index (χ0v) is 10.6. The van der Waals surface area contributed by atoms with Gasteiger partial charge >= 0.3 is 12.0 Å². The molecule has 0 spiro atoms. The molecule has 0 fully saturated rings. The molecular formula is C13H15FN2O3. The highest BCUT2D eigenvalue weighted by atomic mass is 19.1. The van der Waals surface area contributed by atoms with Crippen molar-refractivity contribution in [3.05, 3.63) is 35.7 Å². The van der Waals surface area contributed by atoms with Crippen LogP contribution in [0.3, 0.4) is 0 Å². The number of anilines is 1. The first-order chi connectivity index (χ1) is 8.88. The van der Waals surface area contributed by atoms with Gasteiger partial charge in [0, 0.05) is 12.1 Å². The summed E-state index contributed by atoms with van der Waals surface area (Å²) < 4.78 is 13.6. The van der Waals surface area contributed by atoms with Crippen molar-refractivity contribution in [2.45, 2.75) is 19.9 Å². The number of hydrogen-bond donors (Lipinski definition) is 3. The Bertz CT molecular complexity index is 513. The van der Waals surface area contributed by atoms with E-state index in [0.717, 1.165) is 12.1 Å². The normalized spacial score (nSPS) is 10.7. The molecule has 0 aliphatic rings. The molecule has 5 nitrogen and oxygen atoms in total. The average Bonchev–Trinajstić information content (AvgIpc) is 2.28. The van der Waals surface area contributed by atoms with Gasteiger partial charge in [-0.3, -0.25) is 0 Å². The van der Waals surface area contributed by atoms with E-state index in [1.165, 1.54) is 18.2 Å². The quantitative estimate of drug-likeness (QED) is 0.732. The van der Waals surface area contributed by atoms with Gasteiger partial charge < -0.3 is 15.7 Å². The molecule has 0 atom stereocenters. The van der Waals surface area contributed by atoms with Gasteiger partial charge in [-0.1, -0.05) is 6.07 Å². The molecule has 102 valence electrons. The van der Waals surface area contributed by atoms with E-state index in [0.29, 0.717) is 5.56 Å². The van der Waals surface area contributed by atoms with Gasteiger partial charge in [0.1, 0.15) is 5.82 Å². The number of nitrogens with one attached hydrogen (secondary N) is 2. The van der Waals surface area contributed by atoms with Gasteiger partial charge in [0.2, 0.25) is 0 Å². The topological polar surface area (TPSA) is 78.4 Å². The van der Waals surface area contributed by atoms with Crippen LogP contribution in [0.25, 0.3) is 6.08 Å². The Kier molecular flexibility index (Phi) is 5.05. The van der Waals surface area contributed by atoms with Crippen LogP contribution in [0.4, 0.5) is 14.9 Å². The Labute approximate surface area is 110 Å². The van der Waals surface area contributed by atoms with Crippen molar-refractivity contribution in [2.75, 3.05) is 5.32 Å². The highest BCUT2D eigenvalue weighted by Crippen LogP contribution is 2.16. The van der Waals surface area contributed by atoms with Crippen LogP contribution in [0, 0.1) is 5.82 Å². The van der Waals surface area contributed by atoms with Crippen LogP contribution in [-0.4, -0.2) is 23.1 Å². The smallest absolute Gasteiger partial charge is 0.328 e. The predicted molar refractivity (Wildman–Crippen MR) is 70.4 cm³/mol. The van der Waals surface area contributed by atoms with Crippen LogP contribution in [-0.2, 0) is 4.79 Å². The molecule has 1 aromatic rings. The maximum atomic E-state index is 13.6. The Hall–Kier alpha value is -2.37. The highest BCUT2D eigenvalue weighted by Gasteiger charge is 2.07. The van der Waals surface area contributed by atoms with Crippen molar-refractivity contribution >= 4 is 23.8 Å². The molecule has 3 N–H and O–H groups in total. The molecular weight excluding hydrogens is 251 g/mol. The number of halogens is 1. The van der Waals surface area contributed by atoms with Crippen molar-refractivity contribution in [1.29, 1.82) is 0 Å². The van der Waals surface area contributed by atoms with Gasteiger partial charge in [0.15, 0.2) is 0 Å². The summed E-state index contributed by atoms with van der Waals surface area (Å²) >= 11 is 0. The number of aliphatic carboxylic acids is 1. The Morgan fingerprint density at radius 2 is 2.05 bits per heavy atom. The first kappa shape index (κ1) is 14.7. The summed E-state index contributed by atoms with van der Waals surface area (Å²) in [6, 6.07) is 3.47. The third-order valence-electron chi connectivity index (χ3n) is 2.08. The standard InChI is InChI=1S/C13H15FN2O3/c1-8(2)15-13(19)16-11-5-3-9(7-10(11)14)4-6-12(17)18/h3-8H,1-2H3,(H,17,18)(H2,15,16,19)/b6-4+. The second-order valence-electron chi connectivity index (χ2n) is 4.16. The molecule has 1 rings (SSSR count). The lowest BCUT2D eigenvalue weighted by Crippen LogP contribution is -2.34. The van der Waals surface area contributed by atoms with Gasteiger partial charge in [0.05, 0.1) is 5.69 Å². The molecule has 0 unspecified atom stereocenters. The average molecular weight is 266 g/mol. The van der Waals surface area contributed by atoms with E-state index >= 15 is 0 Å². The summed E-state index contributed by atoms with van der Waals surface area (Å²) in [7, 11) is 0. The summed E-state index contributed by atoms with van der Waals surface area (Å²) in [6.45, 7) is 3.57. The molecule has 0 bridgehead atoms. The molecule has 1 aromatic carbocycles. The maximum absolute atomic E-state index is 13.6. The minimum atomic E-state index is -1.11. The first-order valence-corrected chi connectivity index (χ1v) is 5.66. The van der Waals surface area contributed by atoms with E-state index in [1.807, 2.05) is 0 Å². The van der Waals surface area contributed by atoms with Crippen molar-refractivity contribution in [3.8, 4) is 0 Å². The van der Waals surface area contributed by atoms with Crippen LogP contribution in [0.15, 0.2) is 24.3 Å². The Balaban J connectivity index is 2.77. The van der Waals surface area contributed by atoms with E-state index in [9.17, 15) is 14.0 Å². The second-order valence-corrected chi connectivity index (χ2v) is 4.16. The molecule has 2 amide bonds. The first-order valence-electron chi connectivity index (χ1n) is 5.66. The number of carbonyl (C=O) groups excluding carboxylic acids is 1. The number of urea groups is 1. The highest BCUT2D eigenvalue weighted by molar-refractivity contribution is 5.90. The minimum Gasteiger partial charge on any atom is -0.478 e. The van der Waals surface area contributed by atoms with Gasteiger partial charge in [0.25, 0.3) is 0 Å². The SMILES string of the molecule is CC(C)NC(=O)Nc1ccc(/C=C/C(=O)O)cc1F. The molecule has 19 heavy (non-hydrogen) atoms. The Morgan fingerprint density at radius 3 is 2.58 bits per heavy atom. The summed E-state index contributed by atoms with van der Waals surface area (Å²) in [6.07, 6.45) is 2.18.